The Bertz CT molecular complexity index is 1400. The number of carbonyl (C=O) groups excluding carboxylic acids is 2. The Kier molecular flexibility index (Phi) is 6.81. The molecule has 0 bridgehead atoms. The van der Waals surface area contributed by atoms with Crippen molar-refractivity contribution >= 4 is 17.6 Å². The normalized spacial score (nSPS) is 17.8. The number of hydrogen-bond donors (Lipinski definition) is 3. The highest BCUT2D eigenvalue weighted by Gasteiger charge is 2.28. The van der Waals surface area contributed by atoms with Crippen LogP contribution in [0.25, 0.3) is 22.6 Å². The number of likely N-dealkylation sites (N-methyl/N-ethyl adjacent to an activating group) is 1. The van der Waals surface area contributed by atoms with Gasteiger partial charge in [0.2, 0.25) is 5.91 Å². The van der Waals surface area contributed by atoms with Gasteiger partial charge < -0.3 is 15.5 Å². The van der Waals surface area contributed by atoms with Crippen molar-refractivity contribution in [2.75, 3.05) is 25.5 Å². The van der Waals surface area contributed by atoms with Gasteiger partial charge in [-0.25, -0.2) is 14.6 Å². The molecule has 188 valence electrons. The Hall–Kier alpha value is -4.71. The Labute approximate surface area is 212 Å². The minimum Gasteiger partial charge on any atom is -0.348 e. The van der Waals surface area contributed by atoms with Crippen molar-refractivity contribution in [3.8, 4) is 22.6 Å². The van der Waals surface area contributed by atoms with E-state index in [1.54, 1.807) is 42.7 Å². The lowest BCUT2D eigenvalue weighted by Crippen LogP contribution is -2.49. The van der Waals surface area contributed by atoms with Crippen LogP contribution >= 0.6 is 0 Å². The second-order valence-electron chi connectivity index (χ2n) is 8.87. The van der Waals surface area contributed by atoms with Crippen LogP contribution in [0.2, 0.25) is 0 Å². The Morgan fingerprint density at radius 3 is 2.81 bits per heavy atom. The van der Waals surface area contributed by atoms with Gasteiger partial charge in [-0.1, -0.05) is 17.9 Å². The van der Waals surface area contributed by atoms with Crippen molar-refractivity contribution in [3.05, 3.63) is 73.3 Å². The largest absolute Gasteiger partial charge is 0.348 e. The molecule has 1 fully saturated rings. The van der Waals surface area contributed by atoms with Crippen LogP contribution in [0.3, 0.4) is 0 Å². The molecule has 5 heterocycles. The van der Waals surface area contributed by atoms with E-state index in [1.807, 2.05) is 24.0 Å². The Morgan fingerprint density at radius 2 is 2.05 bits per heavy atom. The fourth-order valence-corrected chi connectivity index (χ4v) is 4.34. The Morgan fingerprint density at radius 1 is 1.16 bits per heavy atom. The molecule has 1 aliphatic heterocycles. The molecule has 3 N–H and O–H groups in total. The number of H-pyrrole nitrogens is 1. The van der Waals surface area contributed by atoms with Gasteiger partial charge >= 0.3 is 0 Å². The molecule has 0 aliphatic carbocycles. The second-order valence-corrected chi connectivity index (χ2v) is 8.87. The number of anilines is 1. The number of amides is 2. The topological polar surface area (TPSA) is 147 Å². The SMILES string of the molecule is C=CC(=O)NC1CC(n2cc(-c3ccc(NC(=O)c4cccc(-c5ccn[nH]5)n4)nc3)nn2)CN(C)C1. The third-order valence-electron chi connectivity index (χ3n) is 6.09. The zero-order chi connectivity index (χ0) is 25.8. The molecule has 12 nitrogen and oxygen atoms in total. The number of rotatable bonds is 7. The monoisotopic (exact) mass is 498 g/mol. The molecule has 12 heteroatoms. The van der Waals surface area contributed by atoms with Crippen LogP contribution in [0, 0.1) is 0 Å². The van der Waals surface area contributed by atoms with Crippen LogP contribution < -0.4 is 10.6 Å². The van der Waals surface area contributed by atoms with E-state index in [4.69, 9.17) is 0 Å². The molecule has 4 aromatic rings. The minimum atomic E-state index is -0.368. The number of carbonyl (C=O) groups is 2. The van der Waals surface area contributed by atoms with E-state index < -0.39 is 0 Å². The van der Waals surface area contributed by atoms with Gasteiger partial charge in [-0.3, -0.25) is 14.7 Å². The predicted molar refractivity (Wildman–Crippen MR) is 136 cm³/mol. The molecule has 0 saturated carbocycles. The van der Waals surface area contributed by atoms with Crippen LogP contribution in [0.5, 0.6) is 0 Å². The summed E-state index contributed by atoms with van der Waals surface area (Å²) in [6, 6.07) is 10.6. The first-order valence-corrected chi connectivity index (χ1v) is 11.8. The summed E-state index contributed by atoms with van der Waals surface area (Å²) in [5, 5.41) is 21.1. The van der Waals surface area contributed by atoms with Gasteiger partial charge in [-0.05, 0) is 49.9 Å². The zero-order valence-electron chi connectivity index (χ0n) is 20.2. The molecule has 2 amide bonds. The zero-order valence-corrected chi connectivity index (χ0v) is 20.2. The minimum absolute atomic E-state index is 0.00105. The van der Waals surface area contributed by atoms with Crippen molar-refractivity contribution in [1.29, 1.82) is 0 Å². The Balaban J connectivity index is 1.24. The molecule has 5 rings (SSSR count). The fourth-order valence-electron chi connectivity index (χ4n) is 4.34. The predicted octanol–water partition coefficient (Wildman–Crippen LogP) is 1.92. The highest BCUT2D eigenvalue weighted by atomic mass is 16.2. The van der Waals surface area contributed by atoms with Crippen LogP contribution in [0.15, 0.2) is 67.6 Å². The van der Waals surface area contributed by atoms with Crippen LogP contribution in [-0.2, 0) is 4.79 Å². The fraction of sp³-hybridized carbons (Fsp3) is 0.240. The number of aromatic nitrogens is 7. The quantitative estimate of drug-likeness (QED) is 0.328. The number of likely N-dealkylation sites (tertiary alicyclic amines) is 1. The lowest BCUT2D eigenvalue weighted by molar-refractivity contribution is -0.117. The van der Waals surface area contributed by atoms with E-state index in [0.29, 0.717) is 17.2 Å². The van der Waals surface area contributed by atoms with Crippen molar-refractivity contribution in [1.82, 2.24) is 45.4 Å². The molecule has 0 aromatic carbocycles. The van der Waals surface area contributed by atoms with E-state index in [2.05, 4.69) is 52.6 Å². The first kappa shape index (κ1) is 24.0. The summed E-state index contributed by atoms with van der Waals surface area (Å²) in [7, 11) is 2.01. The summed E-state index contributed by atoms with van der Waals surface area (Å²) in [4.78, 5) is 35.4. The van der Waals surface area contributed by atoms with E-state index in [1.165, 1.54) is 6.08 Å². The van der Waals surface area contributed by atoms with Crippen molar-refractivity contribution in [2.45, 2.75) is 18.5 Å². The van der Waals surface area contributed by atoms with Crippen LogP contribution in [0.4, 0.5) is 5.82 Å². The van der Waals surface area contributed by atoms with E-state index >= 15 is 0 Å². The maximum atomic E-state index is 12.7. The first-order chi connectivity index (χ1) is 18.0. The molecular formula is C25H26N10O2. The second kappa shape index (κ2) is 10.5. The maximum absolute atomic E-state index is 12.7. The summed E-state index contributed by atoms with van der Waals surface area (Å²) in [5.74, 6) is -0.158. The van der Waals surface area contributed by atoms with E-state index in [-0.39, 0.29) is 29.6 Å². The van der Waals surface area contributed by atoms with Crippen LogP contribution in [-0.4, -0.2) is 78.1 Å². The third kappa shape index (κ3) is 5.59. The summed E-state index contributed by atoms with van der Waals surface area (Å²) in [6.07, 6.45) is 7.16. The lowest BCUT2D eigenvalue weighted by atomic mass is 10.0. The van der Waals surface area contributed by atoms with E-state index in [0.717, 1.165) is 30.8 Å². The highest BCUT2D eigenvalue weighted by molar-refractivity contribution is 6.02. The lowest BCUT2D eigenvalue weighted by Gasteiger charge is -2.35. The van der Waals surface area contributed by atoms with Crippen molar-refractivity contribution in [2.24, 2.45) is 0 Å². The number of piperidine rings is 1. The molecule has 0 radical (unpaired) electrons. The van der Waals surface area contributed by atoms with Gasteiger partial charge in [0.05, 0.1) is 23.6 Å². The first-order valence-electron chi connectivity index (χ1n) is 11.8. The van der Waals surface area contributed by atoms with Crippen molar-refractivity contribution < 1.29 is 9.59 Å². The number of hydrogen-bond acceptors (Lipinski definition) is 8. The summed E-state index contributed by atoms with van der Waals surface area (Å²) in [6.45, 7) is 5.08. The molecule has 2 atom stereocenters. The van der Waals surface area contributed by atoms with Crippen molar-refractivity contribution in [3.63, 3.8) is 0 Å². The molecule has 0 spiro atoms. The smallest absolute Gasteiger partial charge is 0.275 e. The molecule has 1 saturated heterocycles. The molecule has 4 aromatic heterocycles. The number of nitrogens with one attached hydrogen (secondary N) is 3. The van der Waals surface area contributed by atoms with Gasteiger partial charge in [0.15, 0.2) is 0 Å². The molecular weight excluding hydrogens is 472 g/mol. The summed E-state index contributed by atoms with van der Waals surface area (Å²) in [5.41, 5.74) is 3.04. The third-order valence-corrected chi connectivity index (χ3v) is 6.09. The van der Waals surface area contributed by atoms with Gasteiger partial charge in [-0.15, -0.1) is 5.10 Å². The number of nitrogens with zero attached hydrogens (tertiary/aromatic N) is 7. The van der Waals surface area contributed by atoms with Gasteiger partial charge in [0.1, 0.15) is 17.2 Å². The molecule has 1 aliphatic rings. The number of aromatic amines is 1. The number of pyridine rings is 2. The average Bonchev–Trinajstić information content (AvgIpc) is 3.62. The van der Waals surface area contributed by atoms with Crippen LogP contribution in [0.1, 0.15) is 23.0 Å². The molecule has 2 unspecified atom stereocenters. The van der Waals surface area contributed by atoms with Gasteiger partial charge in [0.25, 0.3) is 5.91 Å². The standard InChI is InChI=1S/C25H26N10O2/c1-3-24(36)28-17-11-18(14-34(2)13-17)35-15-22(32-33-35)16-7-8-23(26-12-16)30-25(37)21-6-4-5-19(29-21)20-9-10-27-31-20/h3-10,12,15,17-18H,1,11,13-14H2,2H3,(H,27,31)(H,28,36)(H,26,30,37). The summed E-state index contributed by atoms with van der Waals surface area (Å²) >= 11 is 0. The molecule has 37 heavy (non-hydrogen) atoms. The van der Waals surface area contributed by atoms with Gasteiger partial charge in [0, 0.05) is 37.1 Å². The van der Waals surface area contributed by atoms with E-state index in [9.17, 15) is 9.59 Å². The highest BCUT2D eigenvalue weighted by Crippen LogP contribution is 2.23. The average molecular weight is 499 g/mol. The van der Waals surface area contributed by atoms with Gasteiger partial charge in [-0.2, -0.15) is 5.10 Å². The maximum Gasteiger partial charge on any atom is 0.275 e. The summed E-state index contributed by atoms with van der Waals surface area (Å²) < 4.78 is 1.83.